The van der Waals surface area contributed by atoms with E-state index in [-0.39, 0.29) is 23.9 Å². The molecule has 1 aliphatic heterocycles. The van der Waals surface area contributed by atoms with Gasteiger partial charge >= 0.3 is 0 Å². The minimum atomic E-state index is -0.218. The summed E-state index contributed by atoms with van der Waals surface area (Å²) >= 11 is 0. The monoisotopic (exact) mass is 393 g/mol. The molecule has 0 saturated carbocycles. The summed E-state index contributed by atoms with van der Waals surface area (Å²) in [5.41, 5.74) is 1.04. The van der Waals surface area contributed by atoms with E-state index in [1.54, 1.807) is 18.2 Å². The Labute approximate surface area is 166 Å². The second kappa shape index (κ2) is 12.4. The lowest BCUT2D eigenvalue weighted by molar-refractivity contribution is -0.121. The van der Waals surface area contributed by atoms with Crippen LogP contribution in [0.1, 0.15) is 29.0 Å². The van der Waals surface area contributed by atoms with Gasteiger partial charge in [-0.15, -0.1) is 0 Å². The van der Waals surface area contributed by atoms with Crippen molar-refractivity contribution in [3.63, 3.8) is 0 Å². The molecule has 28 heavy (non-hydrogen) atoms. The zero-order valence-corrected chi connectivity index (χ0v) is 16.9. The van der Waals surface area contributed by atoms with Gasteiger partial charge in [0.1, 0.15) is 5.69 Å². The second-order valence-electron chi connectivity index (χ2n) is 6.74. The first-order valence-corrected chi connectivity index (χ1v) is 9.74. The highest BCUT2D eigenvalue weighted by molar-refractivity contribution is 5.92. The van der Waals surface area contributed by atoms with Crippen molar-refractivity contribution in [2.45, 2.75) is 19.8 Å². The number of aryl methyl sites for hydroxylation is 1. The van der Waals surface area contributed by atoms with E-state index in [9.17, 15) is 9.59 Å². The van der Waals surface area contributed by atoms with Gasteiger partial charge < -0.3 is 19.7 Å². The van der Waals surface area contributed by atoms with Crippen molar-refractivity contribution >= 4 is 11.8 Å². The molecule has 1 fully saturated rings. The number of rotatable bonds is 11. The van der Waals surface area contributed by atoms with Crippen molar-refractivity contribution in [1.82, 2.24) is 25.1 Å². The normalized spacial score (nSPS) is 14.6. The van der Waals surface area contributed by atoms with Crippen LogP contribution in [0.2, 0.25) is 0 Å². The van der Waals surface area contributed by atoms with Crippen molar-refractivity contribution < 1.29 is 19.1 Å². The van der Waals surface area contributed by atoms with Gasteiger partial charge in [-0.3, -0.25) is 19.5 Å². The lowest BCUT2D eigenvalue weighted by Crippen LogP contribution is -2.42. The minimum Gasteiger partial charge on any atom is -0.385 e. The van der Waals surface area contributed by atoms with Gasteiger partial charge in [0.15, 0.2) is 0 Å². The number of ether oxygens (including phenoxy) is 2. The Hall–Kier alpha value is -2.10. The van der Waals surface area contributed by atoms with E-state index in [2.05, 4.69) is 20.2 Å². The smallest absolute Gasteiger partial charge is 0.274 e. The Balaban J connectivity index is 1.79. The van der Waals surface area contributed by atoms with E-state index in [1.807, 2.05) is 6.92 Å². The first-order valence-electron chi connectivity index (χ1n) is 9.74. The number of hydrogen-bond acceptors (Lipinski definition) is 7. The zero-order chi connectivity index (χ0) is 20.2. The van der Waals surface area contributed by atoms with Crippen LogP contribution < -0.4 is 5.32 Å². The molecule has 2 heterocycles. The van der Waals surface area contributed by atoms with Crippen LogP contribution in [0.4, 0.5) is 0 Å². The lowest BCUT2D eigenvalue weighted by Gasteiger charge is -2.26. The maximum Gasteiger partial charge on any atom is 0.274 e. The van der Waals surface area contributed by atoms with Crippen LogP contribution in [0.15, 0.2) is 12.4 Å². The molecule has 0 bridgehead atoms. The van der Waals surface area contributed by atoms with E-state index in [0.29, 0.717) is 32.7 Å². The molecular formula is C19H31N5O4. The van der Waals surface area contributed by atoms with E-state index < -0.39 is 0 Å². The fourth-order valence-corrected chi connectivity index (χ4v) is 2.88. The van der Waals surface area contributed by atoms with Crippen LogP contribution in [0.3, 0.4) is 0 Å². The molecule has 1 aromatic heterocycles. The highest BCUT2D eigenvalue weighted by atomic mass is 16.5. The topological polar surface area (TPSA) is 96.9 Å². The van der Waals surface area contributed by atoms with Crippen LogP contribution in [-0.2, 0) is 14.3 Å². The van der Waals surface area contributed by atoms with E-state index in [0.717, 1.165) is 38.5 Å². The van der Waals surface area contributed by atoms with Crippen molar-refractivity contribution in [3.8, 4) is 0 Å². The Morgan fingerprint density at radius 1 is 1.25 bits per heavy atom. The summed E-state index contributed by atoms with van der Waals surface area (Å²) in [5, 5.41) is 2.93. The molecular weight excluding hydrogens is 362 g/mol. The predicted molar refractivity (Wildman–Crippen MR) is 104 cm³/mol. The minimum absolute atomic E-state index is 0.0622. The van der Waals surface area contributed by atoms with Gasteiger partial charge in [-0.2, -0.15) is 0 Å². The van der Waals surface area contributed by atoms with Crippen LogP contribution in [0.5, 0.6) is 0 Å². The van der Waals surface area contributed by atoms with Crippen LogP contribution in [0, 0.1) is 6.92 Å². The summed E-state index contributed by atoms with van der Waals surface area (Å²) in [6.45, 7) is 7.90. The summed E-state index contributed by atoms with van der Waals surface area (Å²) in [6, 6.07) is 0. The van der Waals surface area contributed by atoms with Gasteiger partial charge in [0.25, 0.3) is 5.91 Å². The lowest BCUT2D eigenvalue weighted by atomic mass is 10.2. The summed E-state index contributed by atoms with van der Waals surface area (Å²) in [5.74, 6) is -0.280. The standard InChI is InChI=1S/C19H31N5O4/c1-16-14-22-17(15-21-16)19(26)24(6-3-11-27-2)7-4-18(25)20-5-8-23-9-12-28-13-10-23/h14-15H,3-13H2,1-2H3,(H,20,25). The number of nitrogens with one attached hydrogen (secondary N) is 1. The highest BCUT2D eigenvalue weighted by Crippen LogP contribution is 2.04. The largest absolute Gasteiger partial charge is 0.385 e. The van der Waals surface area contributed by atoms with Crippen molar-refractivity contribution in [1.29, 1.82) is 0 Å². The number of aromatic nitrogens is 2. The van der Waals surface area contributed by atoms with E-state index in [1.165, 1.54) is 6.20 Å². The fraction of sp³-hybridized carbons (Fsp3) is 0.684. The number of nitrogens with zero attached hydrogens (tertiary/aromatic N) is 4. The van der Waals surface area contributed by atoms with E-state index in [4.69, 9.17) is 9.47 Å². The third-order valence-corrected chi connectivity index (χ3v) is 4.53. The van der Waals surface area contributed by atoms with Crippen molar-refractivity contribution in [2.75, 3.05) is 66.2 Å². The van der Waals surface area contributed by atoms with Gasteiger partial charge in [-0.1, -0.05) is 0 Å². The van der Waals surface area contributed by atoms with E-state index >= 15 is 0 Å². The van der Waals surface area contributed by atoms with Gasteiger partial charge in [0, 0.05) is 65.6 Å². The molecule has 0 unspecified atom stereocenters. The SMILES string of the molecule is COCCCN(CCC(=O)NCCN1CCOCC1)C(=O)c1cnc(C)cn1. The maximum atomic E-state index is 12.7. The summed E-state index contributed by atoms with van der Waals surface area (Å²) < 4.78 is 10.4. The molecule has 0 radical (unpaired) electrons. The average Bonchev–Trinajstić information content (AvgIpc) is 2.71. The zero-order valence-electron chi connectivity index (χ0n) is 16.9. The third-order valence-electron chi connectivity index (χ3n) is 4.53. The number of morpholine rings is 1. The number of hydrogen-bond donors (Lipinski definition) is 1. The average molecular weight is 393 g/mol. The molecule has 9 heteroatoms. The summed E-state index contributed by atoms with van der Waals surface area (Å²) in [7, 11) is 1.62. The van der Waals surface area contributed by atoms with Gasteiger partial charge in [-0.25, -0.2) is 4.98 Å². The molecule has 1 N–H and O–H groups in total. The Morgan fingerprint density at radius 3 is 2.71 bits per heavy atom. The number of amides is 2. The second-order valence-corrected chi connectivity index (χ2v) is 6.74. The molecule has 0 atom stereocenters. The maximum absolute atomic E-state index is 12.7. The first-order chi connectivity index (χ1) is 13.6. The third kappa shape index (κ3) is 7.87. The first kappa shape index (κ1) is 22.2. The molecule has 156 valence electrons. The molecule has 1 aliphatic rings. The molecule has 9 nitrogen and oxygen atoms in total. The Bertz CT molecular complexity index is 605. The molecule has 1 aromatic rings. The van der Waals surface area contributed by atoms with Crippen LogP contribution in [-0.4, -0.2) is 97.8 Å². The molecule has 2 amide bonds. The molecule has 0 aromatic carbocycles. The van der Waals surface area contributed by atoms with Gasteiger partial charge in [0.2, 0.25) is 5.91 Å². The molecule has 1 saturated heterocycles. The molecule has 0 aliphatic carbocycles. The predicted octanol–water partition coefficient (Wildman–Crippen LogP) is 0.102. The quantitative estimate of drug-likeness (QED) is 0.533. The van der Waals surface area contributed by atoms with Crippen LogP contribution in [0.25, 0.3) is 0 Å². The summed E-state index contributed by atoms with van der Waals surface area (Å²) in [6.07, 6.45) is 3.99. The number of methoxy groups -OCH3 is 1. The van der Waals surface area contributed by atoms with Gasteiger partial charge in [0.05, 0.1) is 25.1 Å². The Kier molecular flexibility index (Phi) is 9.81. The van der Waals surface area contributed by atoms with Crippen LogP contribution >= 0.6 is 0 Å². The molecule has 2 rings (SSSR count). The molecule has 0 spiro atoms. The van der Waals surface area contributed by atoms with Crippen molar-refractivity contribution in [3.05, 3.63) is 23.8 Å². The Morgan fingerprint density at radius 2 is 2.04 bits per heavy atom. The highest BCUT2D eigenvalue weighted by Gasteiger charge is 2.18. The number of carbonyl (C=O) groups excluding carboxylic acids is 2. The van der Waals surface area contributed by atoms with Gasteiger partial charge in [-0.05, 0) is 13.3 Å². The number of carbonyl (C=O) groups is 2. The fourth-order valence-electron chi connectivity index (χ4n) is 2.88. The van der Waals surface area contributed by atoms with Crippen molar-refractivity contribution in [2.24, 2.45) is 0 Å². The summed E-state index contributed by atoms with van der Waals surface area (Å²) in [4.78, 5) is 37.1.